The van der Waals surface area contributed by atoms with Crippen molar-refractivity contribution in [2.75, 3.05) is 11.1 Å². The molecular weight excluding hydrogens is 226 g/mol. The number of benzene rings is 2. The Morgan fingerprint density at radius 3 is 2.56 bits per heavy atom. The van der Waals surface area contributed by atoms with Crippen LogP contribution in [0.1, 0.15) is 11.1 Å². The number of fused-ring (bicyclic) bond motifs is 1. The zero-order valence-electron chi connectivity index (χ0n) is 10.1. The minimum absolute atomic E-state index is 0.679. The number of nitrogens with two attached hydrogens (primary N) is 2. The van der Waals surface area contributed by atoms with Gasteiger partial charge in [-0.1, -0.05) is 29.8 Å². The Morgan fingerprint density at radius 1 is 1.11 bits per heavy atom. The van der Waals surface area contributed by atoms with Crippen LogP contribution in [0.4, 0.5) is 11.4 Å². The SMILES string of the molecule is Cc1ccc(C2(N)Nc3cc(N)ccc3O2)cc1. The summed E-state index contributed by atoms with van der Waals surface area (Å²) in [6, 6.07) is 13.4. The van der Waals surface area contributed by atoms with Crippen molar-refractivity contribution >= 4 is 11.4 Å². The maximum Gasteiger partial charge on any atom is 0.263 e. The lowest BCUT2D eigenvalue weighted by molar-refractivity contribution is 0.126. The molecule has 0 aromatic heterocycles. The third-order valence-corrected chi connectivity index (χ3v) is 3.08. The van der Waals surface area contributed by atoms with Gasteiger partial charge in [0.25, 0.3) is 5.85 Å². The van der Waals surface area contributed by atoms with Crippen molar-refractivity contribution in [3.8, 4) is 5.75 Å². The molecule has 0 amide bonds. The summed E-state index contributed by atoms with van der Waals surface area (Å²) in [6.07, 6.45) is 0. The molecular formula is C14H15N3O. The number of anilines is 2. The number of ether oxygens (including phenoxy) is 1. The van der Waals surface area contributed by atoms with E-state index in [0.29, 0.717) is 11.4 Å². The molecule has 92 valence electrons. The zero-order chi connectivity index (χ0) is 12.8. The molecule has 0 saturated carbocycles. The minimum Gasteiger partial charge on any atom is -0.448 e. The van der Waals surface area contributed by atoms with Gasteiger partial charge in [-0.05, 0) is 25.1 Å². The Balaban J connectivity index is 1.98. The lowest BCUT2D eigenvalue weighted by Gasteiger charge is -2.24. The average molecular weight is 241 g/mol. The fourth-order valence-electron chi connectivity index (χ4n) is 2.07. The van der Waals surface area contributed by atoms with Crippen molar-refractivity contribution in [2.24, 2.45) is 5.73 Å². The van der Waals surface area contributed by atoms with Crippen molar-refractivity contribution in [3.63, 3.8) is 0 Å². The van der Waals surface area contributed by atoms with Gasteiger partial charge in [0.2, 0.25) is 0 Å². The average Bonchev–Trinajstić information content (AvgIpc) is 2.66. The standard InChI is InChI=1S/C14H15N3O/c1-9-2-4-10(5-3-9)14(16)17-12-8-11(15)6-7-13(12)18-14/h2-8,17H,15-16H2,1H3. The second-order valence-corrected chi connectivity index (χ2v) is 4.58. The fourth-order valence-corrected chi connectivity index (χ4v) is 2.07. The molecule has 3 rings (SSSR count). The monoisotopic (exact) mass is 241 g/mol. The van der Waals surface area contributed by atoms with Crippen LogP contribution in [0, 0.1) is 6.92 Å². The van der Waals surface area contributed by atoms with Gasteiger partial charge in [0.1, 0.15) is 5.75 Å². The van der Waals surface area contributed by atoms with E-state index in [2.05, 4.69) is 5.32 Å². The number of hydrogen-bond acceptors (Lipinski definition) is 4. The van der Waals surface area contributed by atoms with Crippen LogP contribution in [0.15, 0.2) is 42.5 Å². The van der Waals surface area contributed by atoms with Gasteiger partial charge in [0, 0.05) is 11.3 Å². The number of nitrogens with one attached hydrogen (secondary N) is 1. The Labute approximate surface area is 106 Å². The first kappa shape index (κ1) is 10.9. The van der Waals surface area contributed by atoms with E-state index in [0.717, 1.165) is 11.3 Å². The molecule has 0 aliphatic carbocycles. The molecule has 18 heavy (non-hydrogen) atoms. The number of nitrogen functional groups attached to an aromatic ring is 1. The van der Waals surface area contributed by atoms with Gasteiger partial charge in [0.05, 0.1) is 5.69 Å². The van der Waals surface area contributed by atoms with Gasteiger partial charge in [0.15, 0.2) is 0 Å². The Kier molecular flexibility index (Phi) is 2.21. The van der Waals surface area contributed by atoms with Crippen LogP contribution < -0.4 is 21.5 Å². The maximum absolute atomic E-state index is 6.26. The molecule has 4 heteroatoms. The number of aryl methyl sites for hydroxylation is 1. The second kappa shape index (κ2) is 3.65. The van der Waals surface area contributed by atoms with E-state index in [9.17, 15) is 0 Å². The predicted octanol–water partition coefficient (Wildman–Crippen LogP) is 2.15. The summed E-state index contributed by atoms with van der Waals surface area (Å²) in [4.78, 5) is 0. The number of rotatable bonds is 1. The highest BCUT2D eigenvalue weighted by atomic mass is 16.5. The fraction of sp³-hybridized carbons (Fsp3) is 0.143. The van der Waals surface area contributed by atoms with E-state index >= 15 is 0 Å². The molecule has 1 heterocycles. The summed E-state index contributed by atoms with van der Waals surface area (Å²) in [5.41, 5.74) is 15.6. The Morgan fingerprint density at radius 2 is 1.83 bits per heavy atom. The first-order valence-corrected chi connectivity index (χ1v) is 5.79. The molecule has 2 aromatic carbocycles. The van der Waals surface area contributed by atoms with Gasteiger partial charge >= 0.3 is 0 Å². The maximum atomic E-state index is 6.26. The summed E-state index contributed by atoms with van der Waals surface area (Å²) in [7, 11) is 0. The summed E-state index contributed by atoms with van der Waals surface area (Å²) < 4.78 is 5.79. The highest BCUT2D eigenvalue weighted by molar-refractivity contribution is 5.67. The molecule has 4 nitrogen and oxygen atoms in total. The molecule has 0 bridgehead atoms. The summed E-state index contributed by atoms with van der Waals surface area (Å²) in [5, 5.41) is 3.16. The first-order valence-electron chi connectivity index (χ1n) is 5.79. The highest BCUT2D eigenvalue weighted by Gasteiger charge is 2.36. The van der Waals surface area contributed by atoms with E-state index < -0.39 is 5.85 Å². The van der Waals surface area contributed by atoms with Crippen LogP contribution in [0.3, 0.4) is 0 Å². The predicted molar refractivity (Wildman–Crippen MR) is 72.1 cm³/mol. The smallest absolute Gasteiger partial charge is 0.263 e. The Hall–Kier alpha value is -2.20. The lowest BCUT2D eigenvalue weighted by atomic mass is 10.1. The molecule has 0 saturated heterocycles. The summed E-state index contributed by atoms with van der Waals surface area (Å²) in [5.74, 6) is -0.309. The zero-order valence-corrected chi connectivity index (χ0v) is 10.1. The van der Waals surface area contributed by atoms with Gasteiger partial charge in [-0.2, -0.15) is 0 Å². The van der Waals surface area contributed by atoms with E-state index in [1.165, 1.54) is 5.56 Å². The molecule has 1 atom stereocenters. The van der Waals surface area contributed by atoms with E-state index in [-0.39, 0.29) is 0 Å². The van der Waals surface area contributed by atoms with Crippen LogP contribution in [-0.2, 0) is 5.85 Å². The van der Waals surface area contributed by atoms with Crippen molar-refractivity contribution in [3.05, 3.63) is 53.6 Å². The number of hydrogen-bond donors (Lipinski definition) is 3. The van der Waals surface area contributed by atoms with Crippen molar-refractivity contribution in [1.82, 2.24) is 0 Å². The Bertz CT molecular complexity index is 594. The van der Waals surface area contributed by atoms with E-state index in [4.69, 9.17) is 16.2 Å². The second-order valence-electron chi connectivity index (χ2n) is 4.58. The van der Waals surface area contributed by atoms with Crippen LogP contribution in [0.5, 0.6) is 5.75 Å². The molecule has 0 radical (unpaired) electrons. The molecule has 1 aliphatic heterocycles. The van der Waals surface area contributed by atoms with Crippen LogP contribution in [-0.4, -0.2) is 0 Å². The topological polar surface area (TPSA) is 73.3 Å². The van der Waals surface area contributed by atoms with Crippen molar-refractivity contribution < 1.29 is 4.74 Å². The quantitative estimate of drug-likeness (QED) is 0.669. The van der Waals surface area contributed by atoms with E-state index in [1.54, 1.807) is 6.07 Å². The first-order chi connectivity index (χ1) is 8.57. The molecule has 1 aliphatic rings. The highest BCUT2D eigenvalue weighted by Crippen LogP contribution is 2.39. The summed E-state index contributed by atoms with van der Waals surface area (Å²) >= 11 is 0. The van der Waals surface area contributed by atoms with Crippen LogP contribution in [0.2, 0.25) is 0 Å². The minimum atomic E-state index is -1.02. The van der Waals surface area contributed by atoms with E-state index in [1.807, 2.05) is 43.3 Å². The van der Waals surface area contributed by atoms with Gasteiger partial charge in [-0.3, -0.25) is 5.73 Å². The van der Waals surface area contributed by atoms with Crippen LogP contribution in [0.25, 0.3) is 0 Å². The largest absolute Gasteiger partial charge is 0.448 e. The van der Waals surface area contributed by atoms with Crippen molar-refractivity contribution in [1.29, 1.82) is 0 Å². The van der Waals surface area contributed by atoms with Gasteiger partial charge in [-0.25, -0.2) is 0 Å². The molecule has 0 spiro atoms. The molecule has 1 unspecified atom stereocenters. The normalized spacial score (nSPS) is 21.0. The van der Waals surface area contributed by atoms with Gasteiger partial charge in [-0.15, -0.1) is 0 Å². The molecule has 0 fully saturated rings. The lowest BCUT2D eigenvalue weighted by Crippen LogP contribution is -2.46. The summed E-state index contributed by atoms with van der Waals surface area (Å²) in [6.45, 7) is 2.03. The molecule has 5 N–H and O–H groups in total. The van der Waals surface area contributed by atoms with Gasteiger partial charge < -0.3 is 15.8 Å². The third kappa shape index (κ3) is 1.67. The third-order valence-electron chi connectivity index (χ3n) is 3.08. The van der Waals surface area contributed by atoms with Crippen LogP contribution >= 0.6 is 0 Å². The van der Waals surface area contributed by atoms with Crippen molar-refractivity contribution in [2.45, 2.75) is 12.8 Å². The molecule has 2 aromatic rings.